The third kappa shape index (κ3) is 7.49. The molecule has 1 aliphatic heterocycles. The quantitative estimate of drug-likeness (QED) is 0.291. The van der Waals surface area contributed by atoms with Gasteiger partial charge in [-0.15, -0.1) is 0 Å². The van der Waals surface area contributed by atoms with E-state index in [1.54, 1.807) is 12.0 Å². The number of ether oxygens (including phenoxy) is 2. The number of thioether (sulfide) groups is 1. The lowest BCUT2D eigenvalue weighted by molar-refractivity contribution is 0.0892. The molecule has 0 aromatic heterocycles. The maximum Gasteiger partial charge on any atom is 0.410 e. The van der Waals surface area contributed by atoms with E-state index in [-0.39, 0.29) is 29.0 Å². The van der Waals surface area contributed by atoms with E-state index in [2.05, 4.69) is 19.1 Å². The van der Waals surface area contributed by atoms with Crippen LogP contribution in [0.4, 0.5) is 9.18 Å². The van der Waals surface area contributed by atoms with Gasteiger partial charge in [0, 0.05) is 35.6 Å². The van der Waals surface area contributed by atoms with Crippen molar-refractivity contribution in [1.82, 2.24) is 4.90 Å². The van der Waals surface area contributed by atoms with Crippen LogP contribution in [0, 0.1) is 5.82 Å². The number of hydrogen-bond donors (Lipinski definition) is 0. The number of Topliss-reactive ketones (excluding diaryl/α,β-unsaturated/α-hetero) is 1. The molecule has 0 spiro atoms. The number of halogens is 1. The highest BCUT2D eigenvalue weighted by atomic mass is 32.2. The molecule has 0 bridgehead atoms. The SMILES string of the molecule is CCCCOC(=O)N1CC(SCc2ccc(OC)cc2)CC1CCC(=O)c1ccc(F)cc1. The van der Waals surface area contributed by atoms with Crippen LogP contribution in [0.2, 0.25) is 0 Å². The van der Waals surface area contributed by atoms with Crippen molar-refractivity contribution in [2.45, 2.75) is 56.1 Å². The lowest BCUT2D eigenvalue weighted by Crippen LogP contribution is -2.36. The second-order valence-electron chi connectivity index (χ2n) is 8.26. The Balaban J connectivity index is 1.58. The molecular formula is C26H32FNO4S. The first-order valence-electron chi connectivity index (χ1n) is 11.5. The number of carbonyl (C=O) groups is 2. The van der Waals surface area contributed by atoms with E-state index in [1.807, 2.05) is 23.9 Å². The zero-order valence-electron chi connectivity index (χ0n) is 19.3. The van der Waals surface area contributed by atoms with Crippen LogP contribution in [0.15, 0.2) is 48.5 Å². The molecule has 2 atom stereocenters. The minimum atomic E-state index is -0.361. The van der Waals surface area contributed by atoms with Crippen LogP contribution in [0.5, 0.6) is 5.75 Å². The Kier molecular flexibility index (Phi) is 9.61. The summed E-state index contributed by atoms with van der Waals surface area (Å²) in [4.78, 5) is 27.1. The fourth-order valence-corrected chi connectivity index (χ4v) is 5.14. The van der Waals surface area contributed by atoms with Gasteiger partial charge < -0.3 is 14.4 Å². The Bertz CT molecular complexity index is 904. The summed E-state index contributed by atoms with van der Waals surface area (Å²) < 4.78 is 23.8. The fraction of sp³-hybridized carbons (Fsp3) is 0.462. The van der Waals surface area contributed by atoms with Gasteiger partial charge in [-0.05, 0) is 61.2 Å². The van der Waals surface area contributed by atoms with E-state index in [1.165, 1.54) is 29.8 Å². The van der Waals surface area contributed by atoms with Crippen molar-refractivity contribution >= 4 is 23.6 Å². The topological polar surface area (TPSA) is 55.8 Å². The molecule has 178 valence electrons. The van der Waals surface area contributed by atoms with E-state index in [0.29, 0.717) is 31.6 Å². The number of rotatable bonds is 11. The van der Waals surface area contributed by atoms with Gasteiger partial charge in [0.05, 0.1) is 13.7 Å². The molecule has 1 saturated heterocycles. The molecule has 0 N–H and O–H groups in total. The molecule has 2 unspecified atom stereocenters. The summed E-state index contributed by atoms with van der Waals surface area (Å²) in [5, 5.41) is 0.275. The third-order valence-electron chi connectivity index (χ3n) is 5.85. The molecule has 1 amide bonds. The highest BCUT2D eigenvalue weighted by molar-refractivity contribution is 7.99. The second-order valence-corrected chi connectivity index (χ2v) is 9.55. The Morgan fingerprint density at radius 3 is 2.52 bits per heavy atom. The van der Waals surface area contributed by atoms with E-state index in [0.717, 1.165) is 30.8 Å². The summed E-state index contributed by atoms with van der Waals surface area (Å²) in [6, 6.07) is 13.6. The molecule has 1 aliphatic rings. The zero-order valence-corrected chi connectivity index (χ0v) is 20.1. The molecule has 0 saturated carbocycles. The lowest BCUT2D eigenvalue weighted by atomic mass is 10.0. The van der Waals surface area contributed by atoms with Gasteiger partial charge in [0.15, 0.2) is 5.78 Å². The van der Waals surface area contributed by atoms with E-state index in [9.17, 15) is 14.0 Å². The van der Waals surface area contributed by atoms with Crippen molar-refractivity contribution in [2.75, 3.05) is 20.3 Å². The molecule has 3 rings (SSSR count). The maximum absolute atomic E-state index is 13.1. The van der Waals surface area contributed by atoms with E-state index in [4.69, 9.17) is 9.47 Å². The summed E-state index contributed by atoms with van der Waals surface area (Å²) in [6.07, 6.45) is 3.20. The highest BCUT2D eigenvalue weighted by Gasteiger charge is 2.36. The highest BCUT2D eigenvalue weighted by Crippen LogP contribution is 2.33. The average Bonchev–Trinajstić information content (AvgIpc) is 3.25. The number of benzene rings is 2. The smallest absolute Gasteiger partial charge is 0.410 e. The first-order valence-corrected chi connectivity index (χ1v) is 12.5. The molecule has 0 radical (unpaired) electrons. The standard InChI is InChI=1S/C26H32FNO4S/c1-3-4-15-32-26(30)28-17-24(33-18-19-5-12-23(31-2)13-6-19)16-22(28)11-14-25(29)20-7-9-21(27)10-8-20/h5-10,12-13,22,24H,3-4,11,14-18H2,1-2H3. The molecular weight excluding hydrogens is 441 g/mol. The summed E-state index contributed by atoms with van der Waals surface area (Å²) in [7, 11) is 1.65. The number of nitrogens with zero attached hydrogens (tertiary/aromatic N) is 1. The predicted molar refractivity (Wildman–Crippen MR) is 129 cm³/mol. The van der Waals surface area contributed by atoms with Gasteiger partial charge in [-0.2, -0.15) is 11.8 Å². The van der Waals surface area contributed by atoms with Crippen molar-refractivity contribution in [3.8, 4) is 5.75 Å². The number of amides is 1. The minimum absolute atomic E-state index is 0.0383. The zero-order chi connectivity index (χ0) is 23.6. The van der Waals surface area contributed by atoms with Crippen LogP contribution in [0.25, 0.3) is 0 Å². The van der Waals surface area contributed by atoms with Crippen LogP contribution in [0.3, 0.4) is 0 Å². The Morgan fingerprint density at radius 2 is 1.85 bits per heavy atom. The number of ketones is 1. The van der Waals surface area contributed by atoms with Crippen LogP contribution < -0.4 is 4.74 Å². The largest absolute Gasteiger partial charge is 0.497 e. The Morgan fingerprint density at radius 1 is 1.12 bits per heavy atom. The second kappa shape index (κ2) is 12.6. The normalized spacial score (nSPS) is 17.7. The van der Waals surface area contributed by atoms with Crippen LogP contribution in [-0.4, -0.2) is 48.3 Å². The number of likely N-dealkylation sites (tertiary alicyclic amines) is 1. The number of hydrogen-bond acceptors (Lipinski definition) is 5. The van der Waals surface area contributed by atoms with Crippen molar-refractivity contribution in [1.29, 1.82) is 0 Å². The molecule has 5 nitrogen and oxygen atoms in total. The summed E-state index contributed by atoms with van der Waals surface area (Å²) in [5.41, 5.74) is 1.70. The van der Waals surface area contributed by atoms with Gasteiger partial charge in [0.25, 0.3) is 0 Å². The van der Waals surface area contributed by atoms with Crippen molar-refractivity contribution in [3.63, 3.8) is 0 Å². The number of methoxy groups -OCH3 is 1. The Hall–Kier alpha value is -2.54. The fourth-order valence-electron chi connectivity index (χ4n) is 3.89. The Labute approximate surface area is 199 Å². The molecule has 1 fully saturated rings. The van der Waals surface area contributed by atoms with Crippen LogP contribution >= 0.6 is 11.8 Å². The van der Waals surface area contributed by atoms with Gasteiger partial charge in [-0.1, -0.05) is 25.5 Å². The van der Waals surface area contributed by atoms with E-state index >= 15 is 0 Å². The number of unbranched alkanes of at least 4 members (excludes halogenated alkanes) is 1. The number of carbonyl (C=O) groups excluding carboxylic acids is 2. The van der Waals surface area contributed by atoms with Crippen molar-refractivity contribution in [2.24, 2.45) is 0 Å². The van der Waals surface area contributed by atoms with E-state index < -0.39 is 0 Å². The maximum atomic E-state index is 13.1. The van der Waals surface area contributed by atoms with Crippen LogP contribution in [-0.2, 0) is 10.5 Å². The van der Waals surface area contributed by atoms with Gasteiger partial charge in [0.1, 0.15) is 11.6 Å². The van der Waals surface area contributed by atoms with Crippen LogP contribution in [0.1, 0.15) is 54.9 Å². The first-order chi connectivity index (χ1) is 16.0. The first kappa shape index (κ1) is 25.1. The third-order valence-corrected chi connectivity index (χ3v) is 7.16. The summed E-state index contributed by atoms with van der Waals surface area (Å²) in [5.74, 6) is 1.27. The van der Waals surface area contributed by atoms with Gasteiger partial charge in [-0.25, -0.2) is 9.18 Å². The van der Waals surface area contributed by atoms with Crippen molar-refractivity contribution < 1.29 is 23.5 Å². The predicted octanol–water partition coefficient (Wildman–Crippen LogP) is 6.11. The van der Waals surface area contributed by atoms with Gasteiger partial charge >= 0.3 is 6.09 Å². The average molecular weight is 474 g/mol. The molecule has 2 aromatic carbocycles. The summed E-state index contributed by atoms with van der Waals surface area (Å²) >= 11 is 1.82. The monoisotopic (exact) mass is 473 g/mol. The molecule has 2 aromatic rings. The lowest BCUT2D eigenvalue weighted by Gasteiger charge is -2.23. The molecule has 7 heteroatoms. The van der Waals surface area contributed by atoms with Gasteiger partial charge in [-0.3, -0.25) is 4.79 Å². The van der Waals surface area contributed by atoms with Crippen molar-refractivity contribution in [3.05, 3.63) is 65.5 Å². The van der Waals surface area contributed by atoms with Gasteiger partial charge in [0.2, 0.25) is 0 Å². The molecule has 0 aliphatic carbocycles. The molecule has 1 heterocycles. The molecule has 33 heavy (non-hydrogen) atoms. The minimum Gasteiger partial charge on any atom is -0.497 e. The summed E-state index contributed by atoms with van der Waals surface area (Å²) in [6.45, 7) is 3.08.